The van der Waals surface area contributed by atoms with Crippen LogP contribution in [-0.2, 0) is 20.0 Å². The first kappa shape index (κ1) is 18.8. The van der Waals surface area contributed by atoms with Crippen molar-refractivity contribution in [3.63, 3.8) is 0 Å². The van der Waals surface area contributed by atoms with E-state index in [0.717, 1.165) is 24.2 Å². The molecule has 0 aromatic carbocycles. The zero-order valence-electron chi connectivity index (χ0n) is 16.5. The summed E-state index contributed by atoms with van der Waals surface area (Å²) in [6.45, 7) is 6.65. The van der Waals surface area contributed by atoms with Crippen molar-refractivity contribution in [2.24, 2.45) is 12.5 Å². The molecule has 8 nitrogen and oxygen atoms in total. The molecule has 1 fully saturated rings. The van der Waals surface area contributed by atoms with Crippen molar-refractivity contribution in [1.82, 2.24) is 30.2 Å². The average Bonchev–Trinajstić information content (AvgIpc) is 3.34. The van der Waals surface area contributed by atoms with Crippen LogP contribution in [0.25, 0.3) is 11.1 Å². The number of H-pyrrole nitrogens is 1. The van der Waals surface area contributed by atoms with Gasteiger partial charge in [-0.15, -0.1) is 0 Å². The number of carbonyl (C=O) groups is 1. The molecule has 0 bridgehead atoms. The molecule has 28 heavy (non-hydrogen) atoms. The fourth-order valence-electron chi connectivity index (χ4n) is 3.21. The molecule has 3 aromatic heterocycles. The van der Waals surface area contributed by atoms with Crippen LogP contribution in [0.1, 0.15) is 67.1 Å². The highest BCUT2D eigenvalue weighted by Crippen LogP contribution is 2.40. The van der Waals surface area contributed by atoms with Crippen LogP contribution in [0, 0.1) is 10.2 Å². The summed E-state index contributed by atoms with van der Waals surface area (Å²) in [5.41, 5.74) is 2.67. The van der Waals surface area contributed by atoms with Crippen LogP contribution in [0.5, 0.6) is 0 Å². The Kier molecular flexibility index (Phi) is 4.57. The molecule has 1 saturated carbocycles. The van der Waals surface area contributed by atoms with Crippen molar-refractivity contribution in [2.75, 3.05) is 0 Å². The molecule has 1 aliphatic carbocycles. The second kappa shape index (κ2) is 6.80. The summed E-state index contributed by atoms with van der Waals surface area (Å²) in [4.78, 5) is 17.7. The first-order valence-corrected chi connectivity index (χ1v) is 9.81. The van der Waals surface area contributed by atoms with Gasteiger partial charge in [0, 0.05) is 18.7 Å². The lowest BCUT2D eigenvalue weighted by molar-refractivity contribution is 0.0951. The molecule has 2 N–H and O–H groups in total. The topological polar surface area (TPSA) is 102 Å². The Hall–Kier alpha value is -2.55. The fourth-order valence-corrected chi connectivity index (χ4v) is 3.36. The maximum absolute atomic E-state index is 13.1. The number of rotatable bonds is 5. The first-order chi connectivity index (χ1) is 13.2. The van der Waals surface area contributed by atoms with Gasteiger partial charge in [0.05, 0.1) is 23.2 Å². The van der Waals surface area contributed by atoms with Gasteiger partial charge in [0.1, 0.15) is 0 Å². The van der Waals surface area contributed by atoms with Crippen LogP contribution < -0.4 is 5.32 Å². The SMILES string of the molecule is Cn1c(CNC(=O)c2cc(C3CC3)nc3onc(CC(C)(C)C)c23)n[nH]c1=S. The van der Waals surface area contributed by atoms with Gasteiger partial charge in [-0.25, -0.2) is 4.98 Å². The molecule has 148 valence electrons. The monoisotopic (exact) mass is 400 g/mol. The van der Waals surface area contributed by atoms with Crippen LogP contribution in [0.4, 0.5) is 0 Å². The Balaban J connectivity index is 1.70. The van der Waals surface area contributed by atoms with E-state index in [0.29, 0.717) is 39.6 Å². The molecule has 0 atom stereocenters. The highest BCUT2D eigenvalue weighted by Gasteiger charge is 2.30. The Morgan fingerprint density at radius 2 is 2.18 bits per heavy atom. The van der Waals surface area contributed by atoms with Crippen molar-refractivity contribution in [3.05, 3.63) is 33.6 Å². The number of nitrogens with one attached hydrogen (secondary N) is 2. The summed E-state index contributed by atoms with van der Waals surface area (Å²) < 4.78 is 7.76. The van der Waals surface area contributed by atoms with Crippen molar-refractivity contribution in [1.29, 1.82) is 0 Å². The molecule has 3 heterocycles. The summed E-state index contributed by atoms with van der Waals surface area (Å²) in [5.74, 6) is 0.868. The van der Waals surface area contributed by atoms with E-state index < -0.39 is 0 Å². The summed E-state index contributed by atoms with van der Waals surface area (Å²) >= 11 is 5.12. The predicted molar refractivity (Wildman–Crippen MR) is 107 cm³/mol. The number of carbonyl (C=O) groups excluding carboxylic acids is 1. The molecule has 0 saturated heterocycles. The molecule has 3 aromatic rings. The van der Waals surface area contributed by atoms with Crippen molar-refractivity contribution < 1.29 is 9.32 Å². The summed E-state index contributed by atoms with van der Waals surface area (Å²) in [5, 5.41) is 14.7. The third kappa shape index (κ3) is 3.71. The lowest BCUT2D eigenvalue weighted by Gasteiger charge is -2.16. The normalized spacial score (nSPS) is 14.6. The maximum atomic E-state index is 13.1. The Bertz CT molecular complexity index is 1100. The van der Waals surface area contributed by atoms with E-state index in [1.165, 1.54) is 0 Å². The van der Waals surface area contributed by atoms with Crippen LogP contribution in [0.15, 0.2) is 10.6 Å². The molecule has 1 aliphatic rings. The van der Waals surface area contributed by atoms with Crippen LogP contribution >= 0.6 is 12.2 Å². The maximum Gasteiger partial charge on any atom is 0.259 e. The minimum absolute atomic E-state index is 0.00929. The number of amides is 1. The summed E-state index contributed by atoms with van der Waals surface area (Å²) in [6, 6.07) is 1.89. The van der Waals surface area contributed by atoms with Gasteiger partial charge in [-0.05, 0) is 43.0 Å². The minimum atomic E-state index is -0.193. The van der Waals surface area contributed by atoms with Gasteiger partial charge < -0.3 is 14.4 Å². The van der Waals surface area contributed by atoms with Crippen LogP contribution in [-0.4, -0.2) is 30.8 Å². The average molecular weight is 401 g/mol. The van der Waals surface area contributed by atoms with Crippen molar-refractivity contribution in [3.8, 4) is 0 Å². The minimum Gasteiger partial charge on any atom is -0.345 e. The highest BCUT2D eigenvalue weighted by molar-refractivity contribution is 7.71. The van der Waals surface area contributed by atoms with E-state index in [1.54, 1.807) is 4.57 Å². The quantitative estimate of drug-likeness (QED) is 0.637. The number of nitrogens with zero attached hydrogens (tertiary/aromatic N) is 4. The van der Waals surface area contributed by atoms with E-state index in [2.05, 4.69) is 46.4 Å². The zero-order valence-corrected chi connectivity index (χ0v) is 17.3. The fraction of sp³-hybridized carbons (Fsp3) is 0.526. The van der Waals surface area contributed by atoms with Gasteiger partial charge in [-0.1, -0.05) is 25.9 Å². The van der Waals surface area contributed by atoms with Gasteiger partial charge in [-0.2, -0.15) is 5.10 Å². The van der Waals surface area contributed by atoms with E-state index >= 15 is 0 Å². The van der Waals surface area contributed by atoms with Gasteiger partial charge in [0.25, 0.3) is 11.6 Å². The van der Waals surface area contributed by atoms with E-state index in [1.807, 2.05) is 13.1 Å². The third-order valence-corrected chi connectivity index (χ3v) is 5.22. The lowest BCUT2D eigenvalue weighted by Crippen LogP contribution is -2.25. The van der Waals surface area contributed by atoms with Gasteiger partial charge in [-0.3, -0.25) is 9.89 Å². The zero-order chi connectivity index (χ0) is 20.1. The van der Waals surface area contributed by atoms with Crippen LogP contribution in [0.3, 0.4) is 0 Å². The molecular weight excluding hydrogens is 376 g/mol. The van der Waals surface area contributed by atoms with Gasteiger partial charge in [0.15, 0.2) is 10.6 Å². The number of aromatic amines is 1. The summed E-state index contributed by atoms with van der Waals surface area (Å²) in [6.07, 6.45) is 2.87. The molecular formula is C19H24N6O2S. The number of hydrogen-bond donors (Lipinski definition) is 2. The van der Waals surface area contributed by atoms with E-state index in [9.17, 15) is 4.79 Å². The predicted octanol–water partition coefficient (Wildman–Crippen LogP) is 3.41. The number of aromatic nitrogens is 5. The molecule has 9 heteroatoms. The van der Waals surface area contributed by atoms with Crippen molar-refractivity contribution in [2.45, 2.75) is 52.5 Å². The molecule has 4 rings (SSSR count). The molecule has 0 unspecified atom stereocenters. The molecule has 1 amide bonds. The van der Waals surface area contributed by atoms with Crippen LogP contribution in [0.2, 0.25) is 0 Å². The number of hydrogen-bond acceptors (Lipinski definition) is 6. The Morgan fingerprint density at radius 1 is 1.43 bits per heavy atom. The number of pyridine rings is 1. The smallest absolute Gasteiger partial charge is 0.259 e. The van der Waals surface area contributed by atoms with Gasteiger partial charge >= 0.3 is 0 Å². The highest BCUT2D eigenvalue weighted by atomic mass is 32.1. The number of fused-ring (bicyclic) bond motifs is 1. The second-order valence-corrected chi connectivity index (χ2v) is 8.99. The standard InChI is InChI=1S/C19H24N6O2S/c1-19(2,3)8-13-15-11(7-12(10-5-6-10)21-17(15)27-24-13)16(26)20-9-14-22-23-18(28)25(14)4/h7,10H,5-6,8-9H2,1-4H3,(H,20,26)(H,23,28). The Labute approximate surface area is 167 Å². The van der Waals surface area contributed by atoms with E-state index in [4.69, 9.17) is 16.7 Å². The largest absolute Gasteiger partial charge is 0.345 e. The van der Waals surface area contributed by atoms with E-state index in [-0.39, 0.29) is 17.9 Å². The molecule has 0 radical (unpaired) electrons. The van der Waals surface area contributed by atoms with Crippen molar-refractivity contribution >= 4 is 29.2 Å². The molecule has 0 aliphatic heterocycles. The summed E-state index contributed by atoms with van der Waals surface area (Å²) in [7, 11) is 1.81. The lowest BCUT2D eigenvalue weighted by atomic mass is 9.89. The second-order valence-electron chi connectivity index (χ2n) is 8.60. The third-order valence-electron chi connectivity index (χ3n) is 4.85. The molecule has 0 spiro atoms. The first-order valence-electron chi connectivity index (χ1n) is 9.40. The Morgan fingerprint density at radius 3 is 2.79 bits per heavy atom. The van der Waals surface area contributed by atoms with Gasteiger partial charge in [0.2, 0.25) is 0 Å².